The van der Waals surface area contributed by atoms with Gasteiger partial charge >= 0.3 is 0 Å². The lowest BCUT2D eigenvalue weighted by Crippen LogP contribution is -2.35. The number of benzene rings is 2. The summed E-state index contributed by atoms with van der Waals surface area (Å²) in [7, 11) is -3.94. The van der Waals surface area contributed by atoms with Gasteiger partial charge in [-0.1, -0.05) is 74.5 Å². The summed E-state index contributed by atoms with van der Waals surface area (Å²) in [5, 5.41) is 42.3. The Balaban J connectivity index is 1.40. The van der Waals surface area contributed by atoms with E-state index in [9.17, 15) is 18.6 Å². The fourth-order valence-electron chi connectivity index (χ4n) is 5.88. The van der Waals surface area contributed by atoms with E-state index < -0.39 is 39.8 Å². The van der Waals surface area contributed by atoms with E-state index in [4.69, 9.17) is 19.8 Å². The van der Waals surface area contributed by atoms with Gasteiger partial charge in [0.1, 0.15) is 18.0 Å². The van der Waals surface area contributed by atoms with E-state index in [0.717, 1.165) is 11.1 Å². The summed E-state index contributed by atoms with van der Waals surface area (Å²) in [5.74, 6) is 0.341. The molecule has 5 atom stereocenters. The Bertz CT molecular complexity index is 1880. The number of hydrogen-bond donors (Lipinski definition) is 4. The van der Waals surface area contributed by atoms with Gasteiger partial charge in [-0.2, -0.15) is 4.80 Å². The van der Waals surface area contributed by atoms with Gasteiger partial charge in [-0.05, 0) is 29.2 Å². The van der Waals surface area contributed by atoms with Crippen molar-refractivity contribution < 1.29 is 23.4 Å². The molecule has 0 amide bonds. The largest absolute Gasteiger partial charge is 0.387 e. The number of imidazole rings is 1. The van der Waals surface area contributed by atoms with E-state index in [1.54, 1.807) is 13.8 Å². The van der Waals surface area contributed by atoms with Gasteiger partial charge in [0.15, 0.2) is 29.3 Å². The van der Waals surface area contributed by atoms with Gasteiger partial charge in [-0.15, -0.1) is 10.2 Å². The highest BCUT2D eigenvalue weighted by molar-refractivity contribution is 7.89. The Morgan fingerprint density at radius 2 is 1.66 bits per heavy atom. The van der Waals surface area contributed by atoms with Crippen LogP contribution in [0.5, 0.6) is 0 Å². The highest BCUT2D eigenvalue weighted by Gasteiger charge is 2.47. The van der Waals surface area contributed by atoms with Crippen LogP contribution in [0.25, 0.3) is 11.2 Å². The minimum atomic E-state index is -3.94. The third-order valence-electron chi connectivity index (χ3n) is 8.41. The molecule has 6 rings (SSSR count). The summed E-state index contributed by atoms with van der Waals surface area (Å²) in [6.45, 7) is 6.28. The third-order valence-corrected chi connectivity index (χ3v) is 9.97. The van der Waals surface area contributed by atoms with E-state index in [1.165, 1.54) is 15.7 Å². The Labute approximate surface area is 271 Å². The fraction of sp³-hybridized carbons (Fsp3) is 0.419. The van der Waals surface area contributed by atoms with Crippen LogP contribution in [-0.2, 0) is 27.7 Å². The van der Waals surface area contributed by atoms with Crippen LogP contribution in [0.3, 0.4) is 0 Å². The summed E-state index contributed by atoms with van der Waals surface area (Å²) in [4.78, 5) is 15.4. The second-order valence-electron chi connectivity index (χ2n) is 11.9. The quantitative estimate of drug-likeness (QED) is 0.151. The zero-order valence-electron chi connectivity index (χ0n) is 26.2. The molecule has 16 heteroatoms. The number of nitrogens with two attached hydrogens (primary N) is 1. The van der Waals surface area contributed by atoms with Crippen LogP contribution in [-0.4, -0.2) is 82.4 Å². The van der Waals surface area contributed by atoms with Gasteiger partial charge in [-0.25, -0.2) is 28.5 Å². The van der Waals surface area contributed by atoms with Crippen molar-refractivity contribution in [1.82, 2.24) is 39.7 Å². The van der Waals surface area contributed by atoms with Crippen LogP contribution in [0.15, 0.2) is 67.0 Å². The van der Waals surface area contributed by atoms with Crippen molar-refractivity contribution in [3.63, 3.8) is 0 Å². The Morgan fingerprint density at radius 1 is 1.00 bits per heavy atom. The first-order valence-corrected chi connectivity index (χ1v) is 17.0. The molecule has 3 aromatic heterocycles. The number of primary sulfonamides is 1. The molecule has 47 heavy (non-hydrogen) atoms. The monoisotopic (exact) mass is 662 g/mol. The smallest absolute Gasteiger partial charge is 0.212 e. The molecule has 0 aliphatic carbocycles. The topological polar surface area (TPSA) is 209 Å². The van der Waals surface area contributed by atoms with Crippen LogP contribution < -0.4 is 10.5 Å². The van der Waals surface area contributed by atoms with E-state index in [-0.39, 0.29) is 35.6 Å². The second-order valence-corrected chi connectivity index (χ2v) is 13.7. The number of tetrazole rings is 1. The van der Waals surface area contributed by atoms with Crippen LogP contribution in [0.1, 0.15) is 61.8 Å². The Kier molecular flexibility index (Phi) is 9.29. The van der Waals surface area contributed by atoms with Crippen LogP contribution in [0.2, 0.25) is 0 Å². The SMILES string of the molecule is CCn1nnc([C@H]2O[C@@H](n3cnc4c(NCC(c5ccccc5)c5ccccc5)nc(CC(C(C)C)S(N)(=O)=O)nc43)[C@H](O)[C@@H]2O)n1. The van der Waals surface area contributed by atoms with Crippen molar-refractivity contribution in [2.24, 2.45) is 11.1 Å². The number of nitrogens with one attached hydrogen (secondary N) is 1. The van der Waals surface area contributed by atoms with E-state index >= 15 is 0 Å². The fourth-order valence-corrected chi connectivity index (χ4v) is 7.02. The molecule has 0 spiro atoms. The second kappa shape index (κ2) is 13.4. The van der Waals surface area contributed by atoms with E-state index in [2.05, 4.69) is 50.0 Å². The lowest BCUT2D eigenvalue weighted by molar-refractivity contribution is -0.0384. The number of sulfonamides is 1. The minimum Gasteiger partial charge on any atom is -0.387 e. The molecule has 1 unspecified atom stereocenters. The maximum absolute atomic E-state index is 12.5. The first-order chi connectivity index (χ1) is 22.5. The molecular weight excluding hydrogens is 624 g/mol. The molecule has 2 aromatic carbocycles. The minimum absolute atomic E-state index is 0.0549. The number of ether oxygens (including phenoxy) is 1. The number of rotatable bonds is 12. The Hall–Kier alpha value is -4.35. The number of fused-ring (bicyclic) bond motifs is 1. The molecule has 0 bridgehead atoms. The van der Waals surface area contributed by atoms with Crippen LogP contribution >= 0.6 is 0 Å². The van der Waals surface area contributed by atoms with Crippen molar-refractivity contribution in [3.8, 4) is 0 Å². The molecule has 1 aliphatic heterocycles. The van der Waals surface area contributed by atoms with Crippen molar-refractivity contribution >= 4 is 27.0 Å². The first-order valence-electron chi connectivity index (χ1n) is 15.4. The maximum Gasteiger partial charge on any atom is 0.212 e. The van der Waals surface area contributed by atoms with Crippen molar-refractivity contribution in [1.29, 1.82) is 0 Å². The van der Waals surface area contributed by atoms with Gasteiger partial charge in [0.05, 0.1) is 18.1 Å². The number of hydrogen-bond acceptors (Lipinski definition) is 12. The van der Waals surface area contributed by atoms with E-state index in [0.29, 0.717) is 24.4 Å². The number of nitrogens with zero attached hydrogens (tertiary/aromatic N) is 8. The molecular formula is C31H38N10O5S. The van der Waals surface area contributed by atoms with Gasteiger partial charge in [0.2, 0.25) is 15.8 Å². The molecule has 0 radical (unpaired) electrons. The van der Waals surface area contributed by atoms with E-state index in [1.807, 2.05) is 43.3 Å². The molecule has 1 fully saturated rings. The third kappa shape index (κ3) is 6.73. The van der Waals surface area contributed by atoms with Gasteiger partial charge < -0.3 is 20.3 Å². The zero-order chi connectivity index (χ0) is 33.3. The summed E-state index contributed by atoms with van der Waals surface area (Å²) < 4.78 is 32.7. The summed E-state index contributed by atoms with van der Waals surface area (Å²) >= 11 is 0. The van der Waals surface area contributed by atoms with Crippen molar-refractivity contribution in [2.45, 2.75) is 69.4 Å². The summed E-state index contributed by atoms with van der Waals surface area (Å²) in [6, 6.07) is 20.1. The predicted molar refractivity (Wildman–Crippen MR) is 172 cm³/mol. The average Bonchev–Trinajstić information content (AvgIpc) is 3.78. The number of aliphatic hydroxyl groups is 2. The number of aromatic nitrogens is 8. The molecule has 5 aromatic rings. The molecule has 248 valence electrons. The highest BCUT2D eigenvalue weighted by Crippen LogP contribution is 2.39. The lowest BCUT2D eigenvalue weighted by Gasteiger charge is -2.21. The number of anilines is 1. The molecule has 0 saturated carbocycles. The predicted octanol–water partition coefficient (Wildman–Crippen LogP) is 1.92. The Morgan fingerprint density at radius 3 is 2.23 bits per heavy atom. The standard InChI is InChI=1S/C31H38N10O5S/c1-4-41-38-29(37-39-41)27-25(42)26(43)31(46-27)40-17-34-24-28(35-23(36-30(24)40)15-22(18(2)3)47(32,44)45)33-16-21(19-11-7-5-8-12-19)20-13-9-6-10-14-20/h5-14,17-18,21-22,25-27,31,42-43H,4,15-16H2,1-3H3,(H2,32,44,45)(H,33,35,36)/t22?,25-,26+,27-,31+/m0/s1. The number of aliphatic hydroxyl groups excluding tert-OH is 2. The summed E-state index contributed by atoms with van der Waals surface area (Å²) in [5.41, 5.74) is 2.82. The average molecular weight is 663 g/mol. The van der Waals surface area contributed by atoms with Gasteiger partial charge in [0, 0.05) is 18.9 Å². The molecule has 1 aliphatic rings. The van der Waals surface area contributed by atoms with Gasteiger partial charge in [0.25, 0.3) is 0 Å². The highest BCUT2D eigenvalue weighted by atomic mass is 32.2. The lowest BCUT2D eigenvalue weighted by atomic mass is 9.91. The molecule has 15 nitrogen and oxygen atoms in total. The molecule has 4 heterocycles. The van der Waals surface area contributed by atoms with Crippen LogP contribution in [0.4, 0.5) is 5.82 Å². The summed E-state index contributed by atoms with van der Waals surface area (Å²) in [6.07, 6.45) is -3.55. The number of aryl methyl sites for hydroxylation is 1. The first kappa shape index (κ1) is 32.6. The normalized spacial score (nSPS) is 20.8. The zero-order valence-corrected chi connectivity index (χ0v) is 27.0. The van der Waals surface area contributed by atoms with Crippen LogP contribution in [0, 0.1) is 5.92 Å². The molecule has 5 N–H and O–H groups in total. The molecule has 1 saturated heterocycles. The van der Waals surface area contributed by atoms with Gasteiger partial charge in [-0.3, -0.25) is 4.57 Å². The maximum atomic E-state index is 12.5. The van der Waals surface area contributed by atoms with Crippen molar-refractivity contribution in [2.75, 3.05) is 11.9 Å². The van der Waals surface area contributed by atoms with Crippen molar-refractivity contribution in [3.05, 3.63) is 89.8 Å².